The normalized spacial score (nSPS) is 19.2. The van der Waals surface area contributed by atoms with E-state index >= 15 is 0 Å². The highest BCUT2D eigenvalue weighted by Crippen LogP contribution is 2.45. The molecular formula is C17H16F3N5. The summed E-state index contributed by atoms with van der Waals surface area (Å²) in [7, 11) is 0. The fraction of sp³-hybridized carbons (Fsp3) is 0.353. The summed E-state index contributed by atoms with van der Waals surface area (Å²) in [5.41, 5.74) is 2.44. The van der Waals surface area contributed by atoms with Gasteiger partial charge in [-0.15, -0.1) is 15.3 Å². The second-order valence-electron chi connectivity index (χ2n) is 6.88. The standard InChI is InChI=1S/C17H16F3N5/c1-16(2)9-12(10-5-3-4-6-11(10)16)21-13-7-8-14-22-23-15(17(18,19)20)25(14)24-13/h3-8,12H,9H2,1-2H3,(H,21,24). The first-order valence-electron chi connectivity index (χ1n) is 7.91. The van der Waals surface area contributed by atoms with E-state index in [1.165, 1.54) is 11.6 Å². The van der Waals surface area contributed by atoms with Crippen LogP contribution in [-0.4, -0.2) is 19.8 Å². The summed E-state index contributed by atoms with van der Waals surface area (Å²) in [6, 6.07) is 11.2. The maximum absolute atomic E-state index is 13.0. The van der Waals surface area contributed by atoms with Gasteiger partial charge < -0.3 is 5.32 Å². The van der Waals surface area contributed by atoms with Crippen molar-refractivity contribution in [1.29, 1.82) is 0 Å². The third kappa shape index (κ3) is 2.61. The number of alkyl halides is 3. The molecule has 0 amide bonds. The molecule has 1 unspecified atom stereocenters. The first-order chi connectivity index (χ1) is 11.8. The maximum Gasteiger partial charge on any atom is 0.453 e. The lowest BCUT2D eigenvalue weighted by atomic mass is 9.86. The molecule has 0 fully saturated rings. The summed E-state index contributed by atoms with van der Waals surface area (Å²) in [6.07, 6.45) is -3.77. The molecule has 130 valence electrons. The van der Waals surface area contributed by atoms with E-state index in [1.54, 1.807) is 6.07 Å². The molecule has 8 heteroatoms. The van der Waals surface area contributed by atoms with Gasteiger partial charge in [-0.1, -0.05) is 38.1 Å². The summed E-state index contributed by atoms with van der Waals surface area (Å²) in [6.45, 7) is 4.32. The quantitative estimate of drug-likeness (QED) is 0.762. The molecule has 1 aliphatic rings. The van der Waals surface area contributed by atoms with Crippen molar-refractivity contribution in [3.8, 4) is 0 Å². The number of hydrogen-bond acceptors (Lipinski definition) is 4. The van der Waals surface area contributed by atoms with Crippen LogP contribution in [0.15, 0.2) is 36.4 Å². The van der Waals surface area contributed by atoms with Crippen molar-refractivity contribution in [2.45, 2.75) is 37.9 Å². The van der Waals surface area contributed by atoms with E-state index in [0.717, 1.165) is 16.5 Å². The molecule has 25 heavy (non-hydrogen) atoms. The van der Waals surface area contributed by atoms with Crippen molar-refractivity contribution in [2.75, 3.05) is 5.32 Å². The zero-order chi connectivity index (χ0) is 17.8. The Morgan fingerprint density at radius 2 is 1.88 bits per heavy atom. The lowest BCUT2D eigenvalue weighted by Gasteiger charge is -2.19. The highest BCUT2D eigenvalue weighted by Gasteiger charge is 2.38. The fourth-order valence-electron chi connectivity index (χ4n) is 3.50. The average molecular weight is 347 g/mol. The molecule has 1 aliphatic carbocycles. The van der Waals surface area contributed by atoms with E-state index < -0.39 is 12.0 Å². The van der Waals surface area contributed by atoms with Gasteiger partial charge in [0.25, 0.3) is 5.82 Å². The highest BCUT2D eigenvalue weighted by molar-refractivity contribution is 5.49. The van der Waals surface area contributed by atoms with Gasteiger partial charge in [0.05, 0.1) is 6.04 Å². The molecule has 4 rings (SSSR count). The SMILES string of the molecule is CC1(C)CC(Nc2ccc3nnc(C(F)(F)F)n3n2)c2ccccc21. The number of nitrogens with one attached hydrogen (secondary N) is 1. The number of aromatic nitrogens is 4. The molecular weight excluding hydrogens is 331 g/mol. The van der Waals surface area contributed by atoms with Crippen LogP contribution in [0.3, 0.4) is 0 Å². The monoisotopic (exact) mass is 347 g/mol. The number of hydrogen-bond donors (Lipinski definition) is 1. The summed E-state index contributed by atoms with van der Waals surface area (Å²) >= 11 is 0. The Hall–Kier alpha value is -2.64. The van der Waals surface area contributed by atoms with Crippen LogP contribution in [0.25, 0.3) is 5.65 Å². The number of benzene rings is 1. The third-order valence-corrected chi connectivity index (χ3v) is 4.62. The van der Waals surface area contributed by atoms with E-state index in [2.05, 4.69) is 40.5 Å². The molecule has 3 aromatic rings. The van der Waals surface area contributed by atoms with Crippen LogP contribution in [0.5, 0.6) is 0 Å². The van der Waals surface area contributed by atoms with Crippen LogP contribution < -0.4 is 5.32 Å². The highest BCUT2D eigenvalue weighted by atomic mass is 19.4. The van der Waals surface area contributed by atoms with Gasteiger partial charge in [-0.3, -0.25) is 0 Å². The predicted molar refractivity (Wildman–Crippen MR) is 86.2 cm³/mol. The number of halogens is 3. The molecule has 2 heterocycles. The first kappa shape index (κ1) is 15.9. The van der Waals surface area contributed by atoms with Crippen molar-refractivity contribution in [3.63, 3.8) is 0 Å². The predicted octanol–water partition coefficient (Wildman–Crippen LogP) is 3.98. The Kier molecular flexibility index (Phi) is 3.28. The molecule has 0 bridgehead atoms. The maximum atomic E-state index is 13.0. The minimum Gasteiger partial charge on any atom is -0.362 e. The van der Waals surface area contributed by atoms with E-state index in [1.807, 2.05) is 18.2 Å². The number of nitrogens with zero attached hydrogens (tertiary/aromatic N) is 4. The Morgan fingerprint density at radius 1 is 1.12 bits per heavy atom. The Bertz CT molecular complexity index is 945. The molecule has 0 spiro atoms. The molecule has 1 aromatic carbocycles. The van der Waals surface area contributed by atoms with Crippen LogP contribution in [0.4, 0.5) is 19.0 Å². The smallest absolute Gasteiger partial charge is 0.362 e. The van der Waals surface area contributed by atoms with Crippen LogP contribution in [0.1, 0.15) is 43.3 Å². The van der Waals surface area contributed by atoms with Gasteiger partial charge in [0.1, 0.15) is 5.82 Å². The van der Waals surface area contributed by atoms with Crippen molar-refractivity contribution >= 4 is 11.5 Å². The summed E-state index contributed by atoms with van der Waals surface area (Å²) in [5.74, 6) is -0.770. The van der Waals surface area contributed by atoms with Gasteiger partial charge in [-0.25, -0.2) is 0 Å². The molecule has 0 saturated heterocycles. The van der Waals surface area contributed by atoms with Crippen molar-refractivity contribution in [1.82, 2.24) is 19.8 Å². The zero-order valence-corrected chi connectivity index (χ0v) is 13.7. The van der Waals surface area contributed by atoms with Crippen LogP contribution >= 0.6 is 0 Å². The summed E-state index contributed by atoms with van der Waals surface area (Å²) in [4.78, 5) is 0. The molecule has 2 aromatic heterocycles. The minimum absolute atomic E-state index is 0.00788. The lowest BCUT2D eigenvalue weighted by Crippen LogP contribution is -2.16. The van der Waals surface area contributed by atoms with Gasteiger partial charge in [-0.05, 0) is 35.1 Å². The first-order valence-corrected chi connectivity index (χ1v) is 7.91. The van der Waals surface area contributed by atoms with Gasteiger partial charge >= 0.3 is 6.18 Å². The molecule has 1 atom stereocenters. The van der Waals surface area contributed by atoms with E-state index in [-0.39, 0.29) is 17.1 Å². The zero-order valence-electron chi connectivity index (χ0n) is 13.7. The second kappa shape index (κ2) is 5.18. The van der Waals surface area contributed by atoms with E-state index in [9.17, 15) is 13.2 Å². The van der Waals surface area contributed by atoms with E-state index in [0.29, 0.717) is 5.82 Å². The minimum atomic E-state index is -4.60. The largest absolute Gasteiger partial charge is 0.453 e. The fourth-order valence-corrected chi connectivity index (χ4v) is 3.50. The van der Waals surface area contributed by atoms with Crippen molar-refractivity contribution < 1.29 is 13.2 Å². The third-order valence-electron chi connectivity index (χ3n) is 4.62. The Labute approximate surface area is 141 Å². The topological polar surface area (TPSA) is 55.1 Å². The van der Waals surface area contributed by atoms with Gasteiger partial charge in [-0.2, -0.15) is 17.7 Å². The van der Waals surface area contributed by atoms with Gasteiger partial charge in [0, 0.05) is 0 Å². The second-order valence-corrected chi connectivity index (χ2v) is 6.88. The van der Waals surface area contributed by atoms with Gasteiger partial charge in [0.15, 0.2) is 5.65 Å². The molecule has 0 aliphatic heterocycles. The lowest BCUT2D eigenvalue weighted by molar-refractivity contribution is -0.146. The molecule has 5 nitrogen and oxygen atoms in total. The molecule has 1 N–H and O–H groups in total. The van der Waals surface area contributed by atoms with Gasteiger partial charge in [0.2, 0.25) is 0 Å². The molecule has 0 saturated carbocycles. The summed E-state index contributed by atoms with van der Waals surface area (Å²) < 4.78 is 39.7. The average Bonchev–Trinajstić information content (AvgIpc) is 3.07. The number of anilines is 1. The summed E-state index contributed by atoms with van der Waals surface area (Å²) in [5, 5.41) is 14.0. The Balaban J connectivity index is 1.70. The van der Waals surface area contributed by atoms with Crippen molar-refractivity contribution in [2.24, 2.45) is 0 Å². The number of fused-ring (bicyclic) bond motifs is 2. The molecule has 0 radical (unpaired) electrons. The number of rotatable bonds is 2. The van der Waals surface area contributed by atoms with Crippen LogP contribution in [0, 0.1) is 0 Å². The van der Waals surface area contributed by atoms with Crippen LogP contribution in [-0.2, 0) is 11.6 Å². The van der Waals surface area contributed by atoms with Crippen molar-refractivity contribution in [3.05, 3.63) is 53.3 Å². The Morgan fingerprint density at radius 3 is 2.64 bits per heavy atom. The van der Waals surface area contributed by atoms with Crippen LogP contribution in [0.2, 0.25) is 0 Å². The van der Waals surface area contributed by atoms with E-state index in [4.69, 9.17) is 0 Å².